The molecule has 0 aromatic carbocycles. The number of carbonyl (C=O) groups excluding carboxylic acids is 1. The number of carbonyl (C=O) groups is 1. The van der Waals surface area contributed by atoms with Crippen LogP contribution in [0.25, 0.3) is 0 Å². The van der Waals surface area contributed by atoms with Crippen molar-refractivity contribution in [1.29, 1.82) is 0 Å². The van der Waals surface area contributed by atoms with Crippen LogP contribution in [0.3, 0.4) is 0 Å². The Morgan fingerprint density at radius 2 is 1.72 bits per heavy atom. The minimum atomic E-state index is -0.293. The topological polar surface area (TPSA) is 99.2 Å². The van der Waals surface area contributed by atoms with E-state index in [0.717, 1.165) is 61.4 Å². The molecule has 4 heterocycles. The van der Waals surface area contributed by atoms with Crippen LogP contribution < -0.4 is 10.6 Å². The normalized spacial score (nSPS) is 18.7. The molecule has 0 unspecified atom stereocenters. The van der Waals surface area contributed by atoms with Crippen LogP contribution in [-0.4, -0.2) is 92.0 Å². The SMILES string of the molecule is CCSCCN1CC(Nc2cc(C(C)(C)C)nc(CC(C)(C)c3cc(N[C@H]4CCN(C(C)=O)C4)ncn3)n2)C1. The summed E-state index contributed by atoms with van der Waals surface area (Å²) >= 11 is 2.00. The van der Waals surface area contributed by atoms with Gasteiger partial charge in [0.2, 0.25) is 5.91 Å². The van der Waals surface area contributed by atoms with E-state index >= 15 is 0 Å². The molecule has 2 aliphatic heterocycles. The van der Waals surface area contributed by atoms with E-state index in [0.29, 0.717) is 19.0 Å². The van der Waals surface area contributed by atoms with E-state index in [1.165, 1.54) is 11.5 Å². The van der Waals surface area contributed by atoms with Gasteiger partial charge in [-0.05, 0) is 12.2 Å². The van der Waals surface area contributed by atoms with Gasteiger partial charge in [-0.3, -0.25) is 9.69 Å². The number of aromatic nitrogens is 4. The fourth-order valence-corrected chi connectivity index (χ4v) is 5.77. The van der Waals surface area contributed by atoms with E-state index in [4.69, 9.17) is 9.97 Å². The largest absolute Gasteiger partial charge is 0.365 e. The highest BCUT2D eigenvalue weighted by Crippen LogP contribution is 2.29. The molecule has 1 atom stereocenters. The molecule has 9 nitrogen and oxygen atoms in total. The summed E-state index contributed by atoms with van der Waals surface area (Å²) in [6, 6.07) is 4.77. The molecule has 0 radical (unpaired) electrons. The van der Waals surface area contributed by atoms with E-state index in [9.17, 15) is 4.79 Å². The third kappa shape index (κ3) is 8.03. The van der Waals surface area contributed by atoms with Gasteiger partial charge in [-0.15, -0.1) is 0 Å². The summed E-state index contributed by atoms with van der Waals surface area (Å²) in [4.78, 5) is 35.1. The number of nitrogens with one attached hydrogen (secondary N) is 2. The maximum absolute atomic E-state index is 11.7. The number of amides is 1. The Morgan fingerprint density at radius 1 is 1.00 bits per heavy atom. The van der Waals surface area contributed by atoms with E-state index in [2.05, 4.69) is 73.1 Å². The maximum atomic E-state index is 11.7. The number of hydrogen-bond donors (Lipinski definition) is 2. The van der Waals surface area contributed by atoms with E-state index in [-0.39, 0.29) is 22.8 Å². The quantitative estimate of drug-likeness (QED) is 0.400. The first-order chi connectivity index (χ1) is 18.4. The summed E-state index contributed by atoms with van der Waals surface area (Å²) < 4.78 is 0. The second-order valence-corrected chi connectivity index (χ2v) is 13.9. The van der Waals surface area contributed by atoms with Gasteiger partial charge in [0.25, 0.3) is 0 Å². The van der Waals surface area contributed by atoms with Gasteiger partial charge in [-0.2, -0.15) is 11.8 Å². The summed E-state index contributed by atoms with van der Waals surface area (Å²) in [5.41, 5.74) is 1.61. The van der Waals surface area contributed by atoms with Crippen LogP contribution in [0.4, 0.5) is 11.6 Å². The number of hydrogen-bond acceptors (Lipinski definition) is 9. The molecule has 4 rings (SSSR count). The first-order valence-electron chi connectivity index (χ1n) is 14.2. The molecule has 214 valence electrons. The predicted octanol–water partition coefficient (Wildman–Crippen LogP) is 3.97. The van der Waals surface area contributed by atoms with E-state index in [1.54, 1.807) is 13.3 Å². The average molecular weight is 555 g/mol. The minimum absolute atomic E-state index is 0.0810. The van der Waals surface area contributed by atoms with Gasteiger partial charge in [0.15, 0.2) is 0 Å². The molecule has 2 aromatic rings. The predicted molar refractivity (Wildman–Crippen MR) is 161 cm³/mol. The van der Waals surface area contributed by atoms with Crippen LogP contribution in [0.2, 0.25) is 0 Å². The van der Waals surface area contributed by atoms with Crippen LogP contribution in [0.15, 0.2) is 18.5 Å². The highest BCUT2D eigenvalue weighted by Gasteiger charge is 2.30. The minimum Gasteiger partial charge on any atom is -0.365 e. The smallest absolute Gasteiger partial charge is 0.219 e. The van der Waals surface area contributed by atoms with Crippen molar-refractivity contribution in [2.24, 2.45) is 0 Å². The molecule has 2 aromatic heterocycles. The Morgan fingerprint density at radius 3 is 2.38 bits per heavy atom. The number of rotatable bonds is 11. The third-order valence-electron chi connectivity index (χ3n) is 7.55. The molecule has 2 fully saturated rings. The van der Waals surface area contributed by atoms with Crippen molar-refractivity contribution in [1.82, 2.24) is 29.7 Å². The van der Waals surface area contributed by atoms with Crippen molar-refractivity contribution in [2.75, 3.05) is 54.9 Å². The van der Waals surface area contributed by atoms with Gasteiger partial charge in [0.1, 0.15) is 23.8 Å². The van der Waals surface area contributed by atoms with Crippen molar-refractivity contribution < 1.29 is 4.79 Å². The molecule has 0 aliphatic carbocycles. The van der Waals surface area contributed by atoms with Gasteiger partial charge < -0.3 is 15.5 Å². The molecular weight excluding hydrogens is 508 g/mol. The second kappa shape index (κ2) is 12.4. The number of likely N-dealkylation sites (tertiary alicyclic amines) is 2. The maximum Gasteiger partial charge on any atom is 0.219 e. The molecule has 2 aliphatic rings. The first kappa shape index (κ1) is 29.5. The van der Waals surface area contributed by atoms with Gasteiger partial charge in [0.05, 0.1) is 17.4 Å². The molecule has 0 spiro atoms. The third-order valence-corrected chi connectivity index (χ3v) is 8.43. The highest BCUT2D eigenvalue weighted by molar-refractivity contribution is 7.99. The van der Waals surface area contributed by atoms with Gasteiger partial charge in [-0.25, -0.2) is 19.9 Å². The number of nitrogens with zero attached hydrogens (tertiary/aromatic N) is 6. The fraction of sp³-hybridized carbons (Fsp3) is 0.690. The van der Waals surface area contributed by atoms with Crippen molar-refractivity contribution in [3.8, 4) is 0 Å². The number of anilines is 2. The number of thioether (sulfide) groups is 1. The molecule has 1 amide bonds. The summed E-state index contributed by atoms with van der Waals surface area (Å²) in [5.74, 6) is 5.03. The molecule has 2 N–H and O–H groups in total. The molecule has 0 saturated carbocycles. The Balaban J connectivity index is 1.44. The highest BCUT2D eigenvalue weighted by atomic mass is 32.2. The molecule has 39 heavy (non-hydrogen) atoms. The van der Waals surface area contributed by atoms with Crippen LogP contribution in [0, 0.1) is 0 Å². The van der Waals surface area contributed by atoms with E-state index < -0.39 is 0 Å². The fourth-order valence-electron chi connectivity index (χ4n) is 5.09. The van der Waals surface area contributed by atoms with Crippen molar-refractivity contribution in [2.45, 2.75) is 84.2 Å². The van der Waals surface area contributed by atoms with Crippen LogP contribution in [-0.2, 0) is 22.0 Å². The zero-order valence-corrected chi connectivity index (χ0v) is 25.6. The Kier molecular flexibility index (Phi) is 9.37. The van der Waals surface area contributed by atoms with Gasteiger partial charge in [-0.1, -0.05) is 41.5 Å². The second-order valence-electron chi connectivity index (χ2n) is 12.5. The molecule has 2 saturated heterocycles. The van der Waals surface area contributed by atoms with Crippen molar-refractivity contribution in [3.63, 3.8) is 0 Å². The van der Waals surface area contributed by atoms with E-state index in [1.807, 2.05) is 22.7 Å². The van der Waals surface area contributed by atoms with Crippen LogP contribution in [0.1, 0.15) is 72.1 Å². The van der Waals surface area contributed by atoms with Crippen LogP contribution >= 0.6 is 11.8 Å². The first-order valence-corrected chi connectivity index (χ1v) is 15.4. The zero-order chi connectivity index (χ0) is 28.2. The summed E-state index contributed by atoms with van der Waals surface area (Å²) in [6.45, 7) is 19.6. The molecule has 0 bridgehead atoms. The zero-order valence-electron chi connectivity index (χ0n) is 24.8. The average Bonchev–Trinajstić information content (AvgIpc) is 3.30. The lowest BCUT2D eigenvalue weighted by molar-refractivity contribution is -0.127. The van der Waals surface area contributed by atoms with Gasteiger partial charge in [0, 0.05) is 80.8 Å². The summed E-state index contributed by atoms with van der Waals surface area (Å²) in [5, 5.41) is 7.18. The summed E-state index contributed by atoms with van der Waals surface area (Å²) in [6.07, 6.45) is 3.20. The lowest BCUT2D eigenvalue weighted by Crippen LogP contribution is -2.55. The lowest BCUT2D eigenvalue weighted by atomic mass is 9.84. The molecule has 10 heteroatoms. The standard InChI is InChI=1S/C29H46N8OS/c1-8-39-12-11-36-16-22(17-36)33-26-13-23(28(3,4)5)34-27(35-26)15-29(6,7)24-14-25(31-19-30-24)32-21-9-10-37(18-21)20(2)38/h13-14,19,21-22H,8-12,15-18H2,1-7H3,(H,30,31,32)(H,33,34,35)/t21-/m0/s1. The Bertz CT molecular complexity index is 1130. The lowest BCUT2D eigenvalue weighted by Gasteiger charge is -2.40. The van der Waals surface area contributed by atoms with Crippen molar-refractivity contribution >= 4 is 29.3 Å². The monoisotopic (exact) mass is 554 g/mol. The summed E-state index contributed by atoms with van der Waals surface area (Å²) in [7, 11) is 0. The van der Waals surface area contributed by atoms with Gasteiger partial charge >= 0.3 is 0 Å². The van der Waals surface area contributed by atoms with Crippen LogP contribution in [0.5, 0.6) is 0 Å². The Hall–Kier alpha value is -2.46. The molecular formula is C29H46N8OS. The Labute approximate surface area is 238 Å². The van der Waals surface area contributed by atoms with Crippen molar-refractivity contribution in [3.05, 3.63) is 35.7 Å².